The van der Waals surface area contributed by atoms with E-state index in [2.05, 4.69) is 37.3 Å². The smallest absolute Gasteiger partial charge is 0.269 e. The van der Waals surface area contributed by atoms with Crippen LogP contribution in [0.25, 0.3) is 0 Å². The van der Waals surface area contributed by atoms with Crippen LogP contribution in [0.2, 0.25) is 10.0 Å². The summed E-state index contributed by atoms with van der Waals surface area (Å²) in [6.45, 7) is 2.61. The molecule has 0 bridgehead atoms. The Morgan fingerprint density at radius 1 is 0.931 bits per heavy atom. The number of aryl methyl sites for hydroxylation is 3. The Balaban J connectivity index is 1.77. The number of halogens is 2. The normalized spacial score (nSPS) is 10.9. The van der Waals surface area contributed by atoms with Gasteiger partial charge in [-0.25, -0.2) is 0 Å². The molecule has 152 valence electrons. The van der Waals surface area contributed by atoms with Gasteiger partial charge in [0.2, 0.25) is 0 Å². The molecule has 3 rings (SSSR count). The van der Waals surface area contributed by atoms with Gasteiger partial charge in [-0.2, -0.15) is 0 Å². The minimum atomic E-state index is -0.185. The summed E-state index contributed by atoms with van der Waals surface area (Å²) in [5.74, 6) is 0.881. The first-order valence-corrected chi connectivity index (χ1v) is 10.5. The van der Waals surface area contributed by atoms with Crippen LogP contribution >= 0.6 is 23.2 Å². The van der Waals surface area contributed by atoms with Gasteiger partial charge >= 0.3 is 0 Å². The van der Waals surface area contributed by atoms with Crippen molar-refractivity contribution < 1.29 is 4.74 Å². The third-order valence-corrected chi connectivity index (χ3v) is 5.70. The second-order valence-corrected chi connectivity index (χ2v) is 7.96. The summed E-state index contributed by atoms with van der Waals surface area (Å²) in [5, 5.41) is 0.700. The summed E-state index contributed by atoms with van der Waals surface area (Å²) in [7, 11) is 1.68. The lowest BCUT2D eigenvalue weighted by molar-refractivity contribution is 0.409. The fourth-order valence-electron chi connectivity index (χ4n) is 3.48. The van der Waals surface area contributed by atoms with E-state index >= 15 is 0 Å². The Hall–Kier alpha value is -2.23. The highest BCUT2D eigenvalue weighted by Crippen LogP contribution is 2.23. The summed E-state index contributed by atoms with van der Waals surface area (Å²) in [5.41, 5.74) is 4.19. The molecule has 1 aromatic heterocycles. The first kappa shape index (κ1) is 21.5. The molecule has 5 heteroatoms. The molecule has 0 N–H and O–H groups in total. The second-order valence-electron chi connectivity index (χ2n) is 7.14. The lowest BCUT2D eigenvalue weighted by atomic mass is 10.0. The van der Waals surface area contributed by atoms with Gasteiger partial charge in [0.15, 0.2) is 0 Å². The number of para-hydroxylation sites is 1. The lowest BCUT2D eigenvalue weighted by Crippen LogP contribution is -2.25. The maximum atomic E-state index is 12.7. The molecule has 0 fully saturated rings. The number of ether oxygens (including phenoxy) is 1. The third kappa shape index (κ3) is 5.43. The van der Waals surface area contributed by atoms with Crippen molar-refractivity contribution in [2.75, 3.05) is 7.11 Å². The van der Waals surface area contributed by atoms with Crippen LogP contribution in [0.15, 0.2) is 59.4 Å². The molecule has 0 atom stereocenters. The minimum Gasteiger partial charge on any atom is -0.496 e. The Morgan fingerprint density at radius 2 is 1.66 bits per heavy atom. The molecule has 0 unspecified atom stereocenters. The van der Waals surface area contributed by atoms with E-state index in [1.807, 2.05) is 18.2 Å². The number of hydrogen-bond donors (Lipinski definition) is 0. The molecule has 0 radical (unpaired) electrons. The van der Waals surface area contributed by atoms with Crippen LogP contribution in [0.5, 0.6) is 5.75 Å². The number of hydrogen-bond acceptors (Lipinski definition) is 2. The number of pyridine rings is 1. The van der Waals surface area contributed by atoms with Crippen molar-refractivity contribution in [2.24, 2.45) is 0 Å². The Kier molecular flexibility index (Phi) is 7.40. The number of rotatable bonds is 8. The van der Waals surface area contributed by atoms with Crippen LogP contribution < -0.4 is 10.3 Å². The highest BCUT2D eigenvalue weighted by Gasteiger charge is 2.13. The van der Waals surface area contributed by atoms with Crippen molar-refractivity contribution >= 4 is 23.2 Å². The van der Waals surface area contributed by atoms with Gasteiger partial charge in [0.1, 0.15) is 10.8 Å². The van der Waals surface area contributed by atoms with Gasteiger partial charge in [0, 0.05) is 12.2 Å². The van der Waals surface area contributed by atoms with Crippen LogP contribution in [0.4, 0.5) is 0 Å². The summed E-state index contributed by atoms with van der Waals surface area (Å²) in [4.78, 5) is 12.7. The van der Waals surface area contributed by atoms with E-state index < -0.39 is 0 Å². The summed E-state index contributed by atoms with van der Waals surface area (Å²) in [6, 6.07) is 17.9. The van der Waals surface area contributed by atoms with E-state index in [0.29, 0.717) is 18.0 Å². The van der Waals surface area contributed by atoms with Crippen molar-refractivity contribution in [2.45, 2.75) is 39.2 Å². The molecule has 0 saturated carbocycles. The minimum absolute atomic E-state index is 0.160. The average molecular weight is 430 g/mol. The molecule has 0 spiro atoms. The zero-order valence-corrected chi connectivity index (χ0v) is 18.3. The molecular weight excluding hydrogens is 405 g/mol. The molecule has 0 amide bonds. The van der Waals surface area contributed by atoms with Crippen LogP contribution in [-0.2, 0) is 25.8 Å². The van der Waals surface area contributed by atoms with Gasteiger partial charge in [-0.1, -0.05) is 71.2 Å². The van der Waals surface area contributed by atoms with Crippen molar-refractivity contribution in [3.63, 3.8) is 0 Å². The maximum Gasteiger partial charge on any atom is 0.269 e. The zero-order chi connectivity index (χ0) is 20.8. The molecule has 3 nitrogen and oxygen atoms in total. The van der Waals surface area contributed by atoms with E-state index in [-0.39, 0.29) is 10.6 Å². The van der Waals surface area contributed by atoms with Crippen molar-refractivity contribution in [1.82, 2.24) is 4.57 Å². The molecule has 0 aliphatic heterocycles. The lowest BCUT2D eigenvalue weighted by Gasteiger charge is -2.16. The molecule has 0 aliphatic carbocycles. The van der Waals surface area contributed by atoms with Gasteiger partial charge in [0.25, 0.3) is 5.56 Å². The predicted molar refractivity (Wildman–Crippen MR) is 121 cm³/mol. The van der Waals surface area contributed by atoms with Crippen LogP contribution in [0, 0.1) is 6.92 Å². The van der Waals surface area contributed by atoms with Crippen molar-refractivity contribution in [3.05, 3.63) is 97.4 Å². The highest BCUT2D eigenvalue weighted by atomic mass is 35.5. The second kappa shape index (κ2) is 10.00. The number of nitrogens with zero attached hydrogens (tertiary/aromatic N) is 1. The zero-order valence-electron chi connectivity index (χ0n) is 16.8. The van der Waals surface area contributed by atoms with Gasteiger partial charge in [-0.05, 0) is 55.9 Å². The summed E-state index contributed by atoms with van der Waals surface area (Å²) < 4.78 is 7.16. The van der Waals surface area contributed by atoms with Crippen LogP contribution in [0.1, 0.15) is 28.8 Å². The van der Waals surface area contributed by atoms with Crippen molar-refractivity contribution in [1.29, 1.82) is 0 Å². The van der Waals surface area contributed by atoms with E-state index in [1.54, 1.807) is 17.7 Å². The van der Waals surface area contributed by atoms with Gasteiger partial charge in [-0.3, -0.25) is 4.79 Å². The molecule has 1 heterocycles. The van der Waals surface area contributed by atoms with E-state index in [9.17, 15) is 4.79 Å². The van der Waals surface area contributed by atoms with Gasteiger partial charge in [-0.15, -0.1) is 0 Å². The topological polar surface area (TPSA) is 31.2 Å². The van der Waals surface area contributed by atoms with Crippen LogP contribution in [0.3, 0.4) is 0 Å². The first-order valence-electron chi connectivity index (χ1n) is 9.74. The molecule has 3 aromatic rings. The monoisotopic (exact) mass is 429 g/mol. The average Bonchev–Trinajstić information content (AvgIpc) is 2.72. The quantitative estimate of drug-likeness (QED) is 0.446. The Morgan fingerprint density at radius 3 is 2.38 bits per heavy atom. The van der Waals surface area contributed by atoms with E-state index in [4.69, 9.17) is 27.9 Å². The maximum absolute atomic E-state index is 12.7. The third-order valence-electron chi connectivity index (χ3n) is 5.10. The first-order chi connectivity index (χ1) is 14.0. The SMILES string of the molecule is COc1ccccc1CCCc1c(Cl)cc(Cl)c(=O)n1CCc1ccc(C)cc1. The van der Waals surface area contributed by atoms with Crippen molar-refractivity contribution in [3.8, 4) is 5.75 Å². The summed E-state index contributed by atoms with van der Waals surface area (Å²) >= 11 is 12.6. The fourth-order valence-corrected chi connectivity index (χ4v) is 4.05. The molecule has 0 saturated heterocycles. The van der Waals surface area contributed by atoms with Crippen LogP contribution in [-0.4, -0.2) is 11.7 Å². The molecule has 29 heavy (non-hydrogen) atoms. The number of benzene rings is 2. The van der Waals surface area contributed by atoms with Gasteiger partial charge in [0.05, 0.1) is 12.1 Å². The number of methoxy groups -OCH3 is 1. The molecule has 2 aromatic carbocycles. The fraction of sp³-hybridized carbons (Fsp3) is 0.292. The van der Waals surface area contributed by atoms with E-state index in [1.165, 1.54) is 11.1 Å². The highest BCUT2D eigenvalue weighted by molar-refractivity contribution is 6.34. The standard InChI is InChI=1S/C24H25Cl2NO2/c1-17-10-12-18(13-11-17)14-15-27-22(20(25)16-21(26)24(27)28)8-5-7-19-6-3-4-9-23(19)29-2/h3-4,6,9-13,16H,5,7-8,14-15H2,1-2H3. The van der Waals surface area contributed by atoms with E-state index in [0.717, 1.165) is 36.3 Å². The Bertz CT molecular complexity index is 1030. The number of aromatic nitrogens is 1. The largest absolute Gasteiger partial charge is 0.496 e. The summed E-state index contributed by atoms with van der Waals surface area (Å²) in [6.07, 6.45) is 3.13. The predicted octanol–water partition coefficient (Wildman–Crippen LogP) is 5.89. The van der Waals surface area contributed by atoms with Gasteiger partial charge < -0.3 is 9.30 Å². The molecule has 0 aliphatic rings. The molecular formula is C24H25Cl2NO2. The Labute approximate surface area is 181 Å².